The van der Waals surface area contributed by atoms with Crippen molar-refractivity contribution in [2.45, 2.75) is 13.8 Å². The Morgan fingerprint density at radius 3 is 2.54 bits per heavy atom. The molecule has 0 saturated heterocycles. The molecule has 6 nitrogen and oxygen atoms in total. The largest absolute Gasteiger partial charge is 0.322 e. The van der Waals surface area contributed by atoms with Crippen molar-refractivity contribution in [1.29, 1.82) is 0 Å². The number of carbonyl (C=O) groups is 1. The molecule has 0 radical (unpaired) electrons. The van der Waals surface area contributed by atoms with Crippen LogP contribution >= 0.6 is 23.2 Å². The van der Waals surface area contributed by atoms with Gasteiger partial charge in [0.25, 0.3) is 5.91 Å². The molecule has 0 unspecified atom stereocenters. The van der Waals surface area contributed by atoms with Gasteiger partial charge < -0.3 is 5.32 Å². The highest BCUT2D eigenvalue weighted by Crippen LogP contribution is 2.22. The van der Waals surface area contributed by atoms with Crippen LogP contribution in [-0.4, -0.2) is 27.0 Å². The molecule has 3 rings (SSSR count). The summed E-state index contributed by atoms with van der Waals surface area (Å²) >= 11 is 11.9. The summed E-state index contributed by atoms with van der Waals surface area (Å²) in [6, 6.07) is 12.0. The summed E-state index contributed by atoms with van der Waals surface area (Å²) in [4.78, 5) is 12.4. The van der Waals surface area contributed by atoms with Crippen molar-refractivity contribution in [3.63, 3.8) is 0 Å². The van der Waals surface area contributed by atoms with Crippen LogP contribution in [0.1, 0.15) is 27.6 Å². The van der Waals surface area contributed by atoms with Gasteiger partial charge in [-0.25, -0.2) is 4.68 Å². The van der Waals surface area contributed by atoms with Gasteiger partial charge in [0.15, 0.2) is 11.6 Å². The van der Waals surface area contributed by atoms with Crippen LogP contribution in [0.15, 0.2) is 47.6 Å². The Morgan fingerprint density at radius 1 is 1.12 bits per heavy atom. The van der Waals surface area contributed by atoms with E-state index in [1.165, 1.54) is 6.07 Å². The molecule has 2 aromatic carbocycles. The third-order valence-electron chi connectivity index (χ3n) is 3.60. The topological polar surface area (TPSA) is 72.2 Å². The van der Waals surface area contributed by atoms with Crippen LogP contribution in [0.4, 0.5) is 5.69 Å². The van der Waals surface area contributed by atoms with Gasteiger partial charge in [-0.2, -0.15) is 5.10 Å². The molecular weight excluding hydrogens is 373 g/mol. The second-order valence-corrected chi connectivity index (χ2v) is 6.40. The van der Waals surface area contributed by atoms with E-state index in [2.05, 4.69) is 20.6 Å². The van der Waals surface area contributed by atoms with Crippen LogP contribution in [0.3, 0.4) is 0 Å². The van der Waals surface area contributed by atoms with E-state index >= 15 is 0 Å². The molecule has 0 aliphatic rings. The maximum atomic E-state index is 12.4. The average molecular weight is 388 g/mol. The zero-order valence-electron chi connectivity index (χ0n) is 14.1. The smallest absolute Gasteiger partial charge is 0.257 e. The Morgan fingerprint density at radius 2 is 1.85 bits per heavy atom. The number of nitrogens with zero attached hydrogens (tertiary/aromatic N) is 4. The molecule has 0 saturated carbocycles. The van der Waals surface area contributed by atoms with E-state index < -0.39 is 0 Å². The standard InChI is InChI=1S/C18H15Cl2N5O/c1-11-23-24-12(2)25(11)21-10-13-4-3-5-15(8-13)22-18(26)16-7-6-14(19)9-17(16)20/h3-10H,1-2H3,(H,22,26)/b21-10+. The maximum absolute atomic E-state index is 12.4. The zero-order valence-corrected chi connectivity index (χ0v) is 15.6. The van der Waals surface area contributed by atoms with Crippen molar-refractivity contribution in [2.24, 2.45) is 5.10 Å². The summed E-state index contributed by atoms with van der Waals surface area (Å²) in [6.07, 6.45) is 1.67. The van der Waals surface area contributed by atoms with Gasteiger partial charge >= 0.3 is 0 Å². The van der Waals surface area contributed by atoms with E-state index in [0.717, 1.165) is 5.56 Å². The van der Waals surface area contributed by atoms with E-state index in [9.17, 15) is 4.79 Å². The summed E-state index contributed by atoms with van der Waals surface area (Å²) in [7, 11) is 0. The number of aromatic nitrogens is 3. The minimum atomic E-state index is -0.314. The lowest BCUT2D eigenvalue weighted by Gasteiger charge is -2.08. The number of benzene rings is 2. The SMILES string of the molecule is Cc1nnc(C)n1/N=C/c1cccc(NC(=O)c2ccc(Cl)cc2Cl)c1. The van der Waals surface area contributed by atoms with Crippen LogP contribution in [0, 0.1) is 13.8 Å². The lowest BCUT2D eigenvalue weighted by atomic mass is 10.2. The monoisotopic (exact) mass is 387 g/mol. The van der Waals surface area contributed by atoms with Gasteiger partial charge in [0.2, 0.25) is 0 Å². The fourth-order valence-electron chi connectivity index (χ4n) is 2.32. The molecule has 132 valence electrons. The van der Waals surface area contributed by atoms with Crippen LogP contribution < -0.4 is 5.32 Å². The molecule has 3 aromatic rings. The Hall–Kier alpha value is -2.70. The Kier molecular flexibility index (Phi) is 5.35. The number of carbonyl (C=O) groups excluding carboxylic acids is 1. The minimum Gasteiger partial charge on any atom is -0.322 e. The number of anilines is 1. The number of rotatable bonds is 4. The van der Waals surface area contributed by atoms with Gasteiger partial charge in [0.1, 0.15) is 0 Å². The molecule has 0 fully saturated rings. The Balaban J connectivity index is 1.78. The molecule has 0 aliphatic carbocycles. The first-order chi connectivity index (χ1) is 12.4. The van der Waals surface area contributed by atoms with Crippen LogP contribution in [-0.2, 0) is 0 Å². The summed E-state index contributed by atoms with van der Waals surface area (Å²) in [6.45, 7) is 3.65. The third kappa shape index (κ3) is 4.09. The predicted molar refractivity (Wildman–Crippen MR) is 103 cm³/mol. The van der Waals surface area contributed by atoms with E-state index in [4.69, 9.17) is 23.2 Å². The van der Waals surface area contributed by atoms with E-state index in [1.54, 1.807) is 35.2 Å². The summed E-state index contributed by atoms with van der Waals surface area (Å²) in [5.74, 6) is 1.08. The highest BCUT2D eigenvalue weighted by Gasteiger charge is 2.11. The molecular formula is C18H15Cl2N5O. The lowest BCUT2D eigenvalue weighted by molar-refractivity contribution is 0.102. The molecule has 1 aromatic heterocycles. The van der Waals surface area contributed by atoms with Gasteiger partial charge in [-0.05, 0) is 49.7 Å². The fraction of sp³-hybridized carbons (Fsp3) is 0.111. The number of hydrogen-bond donors (Lipinski definition) is 1. The third-order valence-corrected chi connectivity index (χ3v) is 4.14. The van der Waals surface area contributed by atoms with Crippen molar-refractivity contribution < 1.29 is 4.79 Å². The van der Waals surface area contributed by atoms with E-state index in [0.29, 0.717) is 32.9 Å². The second-order valence-electron chi connectivity index (χ2n) is 5.55. The molecule has 0 aliphatic heterocycles. The van der Waals surface area contributed by atoms with Gasteiger partial charge in [-0.1, -0.05) is 35.3 Å². The van der Waals surface area contributed by atoms with Crippen molar-refractivity contribution >= 4 is 41.0 Å². The summed E-state index contributed by atoms with van der Waals surface area (Å²) in [5, 5.41) is 15.9. The molecule has 8 heteroatoms. The predicted octanol–water partition coefficient (Wildman–Crippen LogP) is 4.34. The van der Waals surface area contributed by atoms with Crippen molar-refractivity contribution in [3.8, 4) is 0 Å². The van der Waals surface area contributed by atoms with Gasteiger partial charge in [-0.3, -0.25) is 4.79 Å². The molecule has 26 heavy (non-hydrogen) atoms. The zero-order chi connectivity index (χ0) is 18.7. The highest BCUT2D eigenvalue weighted by molar-refractivity contribution is 6.37. The van der Waals surface area contributed by atoms with Gasteiger partial charge in [0, 0.05) is 10.7 Å². The van der Waals surface area contributed by atoms with Crippen LogP contribution in [0.5, 0.6) is 0 Å². The molecule has 1 N–H and O–H groups in total. The summed E-state index contributed by atoms with van der Waals surface area (Å²) < 4.78 is 1.64. The average Bonchev–Trinajstić information content (AvgIpc) is 2.91. The number of aryl methyl sites for hydroxylation is 2. The quantitative estimate of drug-likeness (QED) is 0.676. The van der Waals surface area contributed by atoms with Crippen LogP contribution in [0.25, 0.3) is 0 Å². The molecule has 0 atom stereocenters. The van der Waals surface area contributed by atoms with Crippen LogP contribution in [0.2, 0.25) is 10.0 Å². The normalized spacial score (nSPS) is 11.1. The van der Waals surface area contributed by atoms with Crippen molar-refractivity contribution in [1.82, 2.24) is 14.9 Å². The number of amides is 1. The first-order valence-corrected chi connectivity index (χ1v) is 8.49. The first-order valence-electron chi connectivity index (χ1n) is 7.73. The van der Waals surface area contributed by atoms with E-state index in [-0.39, 0.29) is 5.91 Å². The lowest BCUT2D eigenvalue weighted by Crippen LogP contribution is -2.12. The fourth-order valence-corrected chi connectivity index (χ4v) is 2.82. The van der Waals surface area contributed by atoms with Crippen molar-refractivity contribution in [3.05, 3.63) is 75.3 Å². The molecule has 1 heterocycles. The Bertz CT molecular complexity index is 977. The van der Waals surface area contributed by atoms with Crippen molar-refractivity contribution in [2.75, 3.05) is 5.32 Å². The number of hydrogen-bond acceptors (Lipinski definition) is 4. The maximum Gasteiger partial charge on any atom is 0.257 e. The Labute approximate surface area is 160 Å². The molecule has 0 spiro atoms. The van der Waals surface area contributed by atoms with Gasteiger partial charge in [-0.15, -0.1) is 10.2 Å². The number of halogens is 2. The molecule has 0 bridgehead atoms. The minimum absolute atomic E-state index is 0.297. The first kappa shape index (κ1) is 18.1. The highest BCUT2D eigenvalue weighted by atomic mass is 35.5. The number of nitrogens with one attached hydrogen (secondary N) is 1. The summed E-state index contributed by atoms with van der Waals surface area (Å²) in [5.41, 5.74) is 1.80. The van der Waals surface area contributed by atoms with E-state index in [1.807, 2.05) is 26.0 Å². The second kappa shape index (κ2) is 7.68. The molecule has 1 amide bonds. The van der Waals surface area contributed by atoms with Gasteiger partial charge in [0.05, 0.1) is 16.8 Å².